The first-order valence-electron chi connectivity index (χ1n) is 6.97. The molecule has 0 aliphatic carbocycles. The summed E-state index contributed by atoms with van der Waals surface area (Å²) in [6.07, 6.45) is 3.44. The molecule has 3 rings (SSSR count). The summed E-state index contributed by atoms with van der Waals surface area (Å²) < 4.78 is 31.7. The molecule has 2 aromatic heterocycles. The molecule has 1 aliphatic heterocycles. The third-order valence-electron chi connectivity index (χ3n) is 3.58. The Hall–Kier alpha value is -2.00. The number of sulfonamides is 1. The van der Waals surface area contributed by atoms with Gasteiger partial charge in [-0.25, -0.2) is 13.4 Å². The fraction of sp³-hybridized carbons (Fsp3) is 0.462. The Morgan fingerprint density at radius 2 is 2.27 bits per heavy atom. The van der Waals surface area contributed by atoms with Gasteiger partial charge in [-0.05, 0) is 19.4 Å². The van der Waals surface area contributed by atoms with Crippen LogP contribution in [0.1, 0.15) is 12.1 Å². The lowest BCUT2D eigenvalue weighted by Gasteiger charge is -2.15. The van der Waals surface area contributed by atoms with Crippen LogP contribution in [0.2, 0.25) is 0 Å². The smallest absolute Gasteiger partial charge is 0.260 e. The Bertz CT molecular complexity index is 715. The Morgan fingerprint density at radius 3 is 2.95 bits per heavy atom. The third-order valence-corrected chi connectivity index (χ3v) is 5.37. The first kappa shape index (κ1) is 14.9. The van der Waals surface area contributed by atoms with Gasteiger partial charge in [0, 0.05) is 25.1 Å². The molecule has 3 heterocycles. The normalized spacial score (nSPS) is 19.4. The van der Waals surface area contributed by atoms with Crippen LogP contribution in [-0.2, 0) is 10.0 Å². The molecule has 22 heavy (non-hydrogen) atoms. The largest absolute Gasteiger partial charge is 0.476 e. The molecule has 2 aromatic rings. The van der Waals surface area contributed by atoms with Crippen molar-refractivity contribution < 1.29 is 13.2 Å². The van der Waals surface area contributed by atoms with Crippen molar-refractivity contribution in [3.8, 4) is 5.88 Å². The summed E-state index contributed by atoms with van der Waals surface area (Å²) in [5.41, 5.74) is 0.824. The Labute approximate surface area is 128 Å². The predicted molar refractivity (Wildman–Crippen MR) is 77.7 cm³/mol. The second-order valence-electron chi connectivity index (χ2n) is 5.26. The fourth-order valence-electron chi connectivity index (χ4n) is 2.34. The van der Waals surface area contributed by atoms with Crippen molar-refractivity contribution in [2.45, 2.75) is 18.4 Å². The van der Waals surface area contributed by atoms with Gasteiger partial charge in [-0.15, -0.1) is 5.10 Å². The van der Waals surface area contributed by atoms with Crippen LogP contribution in [0.4, 0.5) is 0 Å². The summed E-state index contributed by atoms with van der Waals surface area (Å²) in [6, 6.07) is 3.59. The monoisotopic (exact) mass is 323 g/mol. The zero-order valence-corrected chi connectivity index (χ0v) is 13.0. The second-order valence-corrected chi connectivity index (χ2v) is 7.16. The molecule has 1 aliphatic rings. The number of imidazole rings is 1. The summed E-state index contributed by atoms with van der Waals surface area (Å²) in [5.74, 6) is 0.598. The predicted octanol–water partition coefficient (Wildman–Crippen LogP) is 0.598. The number of rotatable bonds is 5. The van der Waals surface area contributed by atoms with Crippen molar-refractivity contribution in [3.05, 3.63) is 30.4 Å². The lowest BCUT2D eigenvalue weighted by molar-refractivity contribution is 0.244. The van der Waals surface area contributed by atoms with Gasteiger partial charge in [-0.2, -0.15) is 9.40 Å². The summed E-state index contributed by atoms with van der Waals surface area (Å²) in [5, 5.41) is 7.97. The van der Waals surface area contributed by atoms with Crippen molar-refractivity contribution in [2.24, 2.45) is 5.92 Å². The molecule has 8 nitrogen and oxygen atoms in total. The van der Waals surface area contributed by atoms with Gasteiger partial charge in [0.2, 0.25) is 5.88 Å². The highest BCUT2D eigenvalue weighted by molar-refractivity contribution is 7.89. The van der Waals surface area contributed by atoms with E-state index in [-0.39, 0.29) is 10.9 Å². The summed E-state index contributed by atoms with van der Waals surface area (Å²) in [7, 11) is -3.49. The molecule has 1 atom stereocenters. The lowest BCUT2D eigenvalue weighted by atomic mass is 10.1. The van der Waals surface area contributed by atoms with Gasteiger partial charge in [0.15, 0.2) is 5.03 Å². The van der Waals surface area contributed by atoms with Gasteiger partial charge in [0.25, 0.3) is 10.0 Å². The van der Waals surface area contributed by atoms with Gasteiger partial charge in [0.05, 0.1) is 24.8 Å². The van der Waals surface area contributed by atoms with E-state index >= 15 is 0 Å². The van der Waals surface area contributed by atoms with Crippen LogP contribution < -0.4 is 4.74 Å². The molecule has 1 saturated heterocycles. The van der Waals surface area contributed by atoms with Gasteiger partial charge in [-0.1, -0.05) is 0 Å². The van der Waals surface area contributed by atoms with Crippen LogP contribution in [-0.4, -0.2) is 52.6 Å². The zero-order valence-electron chi connectivity index (χ0n) is 12.1. The number of aromatic amines is 1. The van der Waals surface area contributed by atoms with Crippen molar-refractivity contribution in [1.82, 2.24) is 24.5 Å². The molecule has 1 fully saturated rings. The van der Waals surface area contributed by atoms with E-state index in [9.17, 15) is 8.42 Å². The van der Waals surface area contributed by atoms with Crippen LogP contribution >= 0.6 is 0 Å². The van der Waals surface area contributed by atoms with Crippen LogP contribution in [0.3, 0.4) is 0 Å². The van der Waals surface area contributed by atoms with Crippen molar-refractivity contribution in [2.75, 3.05) is 19.7 Å². The van der Waals surface area contributed by atoms with Gasteiger partial charge < -0.3 is 9.72 Å². The van der Waals surface area contributed by atoms with E-state index in [1.807, 2.05) is 13.0 Å². The standard InChI is InChI=1S/C13H17N5O3S/c1-10-2-3-12(17-16-10)21-8-11-4-5-18(7-11)22(19,20)13-6-14-9-15-13/h2-3,6,9,11H,4-5,7-8H2,1H3,(H,14,15). The molecule has 0 aromatic carbocycles. The summed E-state index contributed by atoms with van der Waals surface area (Å²) in [4.78, 5) is 6.40. The molecule has 1 N–H and O–H groups in total. The number of ether oxygens (including phenoxy) is 1. The molecule has 0 bridgehead atoms. The molecular formula is C13H17N5O3S. The van der Waals surface area contributed by atoms with Crippen molar-refractivity contribution in [3.63, 3.8) is 0 Å². The number of nitrogens with zero attached hydrogens (tertiary/aromatic N) is 4. The maximum absolute atomic E-state index is 12.3. The van der Waals surface area contributed by atoms with Crippen LogP contribution in [0.15, 0.2) is 29.7 Å². The molecule has 0 saturated carbocycles. The van der Waals surface area contributed by atoms with E-state index < -0.39 is 10.0 Å². The molecule has 9 heteroatoms. The number of H-pyrrole nitrogens is 1. The summed E-state index contributed by atoms with van der Waals surface area (Å²) in [6.45, 7) is 3.19. The highest BCUT2D eigenvalue weighted by Crippen LogP contribution is 2.23. The maximum Gasteiger partial charge on any atom is 0.260 e. The van der Waals surface area contributed by atoms with E-state index in [4.69, 9.17) is 4.74 Å². The van der Waals surface area contributed by atoms with Crippen LogP contribution in [0.5, 0.6) is 5.88 Å². The fourth-order valence-corrected chi connectivity index (χ4v) is 3.77. The van der Waals surface area contributed by atoms with E-state index in [0.717, 1.165) is 12.1 Å². The number of hydrogen-bond donors (Lipinski definition) is 1. The topological polar surface area (TPSA) is 101 Å². The van der Waals surface area contributed by atoms with Gasteiger partial charge in [-0.3, -0.25) is 0 Å². The average Bonchev–Trinajstić information content (AvgIpc) is 3.19. The van der Waals surface area contributed by atoms with E-state index in [1.165, 1.54) is 16.8 Å². The van der Waals surface area contributed by atoms with E-state index in [2.05, 4.69) is 20.2 Å². The minimum atomic E-state index is -3.49. The number of aromatic nitrogens is 4. The molecule has 0 amide bonds. The lowest BCUT2D eigenvalue weighted by Crippen LogP contribution is -2.30. The number of hydrogen-bond acceptors (Lipinski definition) is 6. The molecule has 0 spiro atoms. The Morgan fingerprint density at radius 1 is 1.41 bits per heavy atom. The molecule has 118 valence electrons. The highest BCUT2D eigenvalue weighted by Gasteiger charge is 2.33. The average molecular weight is 323 g/mol. The minimum absolute atomic E-state index is 0.124. The Kier molecular flexibility index (Phi) is 4.08. The first-order valence-corrected chi connectivity index (χ1v) is 8.41. The highest BCUT2D eigenvalue weighted by atomic mass is 32.2. The molecule has 1 unspecified atom stereocenters. The number of aryl methyl sites for hydroxylation is 1. The number of nitrogens with one attached hydrogen (secondary N) is 1. The Balaban J connectivity index is 1.57. The minimum Gasteiger partial charge on any atom is -0.476 e. The molecule has 0 radical (unpaired) electrons. The van der Waals surface area contributed by atoms with E-state index in [0.29, 0.717) is 25.6 Å². The third kappa shape index (κ3) is 3.09. The maximum atomic E-state index is 12.3. The zero-order chi connectivity index (χ0) is 15.6. The summed E-state index contributed by atoms with van der Waals surface area (Å²) >= 11 is 0. The quantitative estimate of drug-likeness (QED) is 0.864. The van der Waals surface area contributed by atoms with Crippen LogP contribution in [0, 0.1) is 12.8 Å². The van der Waals surface area contributed by atoms with Crippen molar-refractivity contribution in [1.29, 1.82) is 0 Å². The van der Waals surface area contributed by atoms with Crippen LogP contribution in [0.25, 0.3) is 0 Å². The van der Waals surface area contributed by atoms with Crippen molar-refractivity contribution >= 4 is 10.0 Å². The van der Waals surface area contributed by atoms with E-state index in [1.54, 1.807) is 6.07 Å². The molecular weight excluding hydrogens is 306 g/mol. The van der Waals surface area contributed by atoms with Gasteiger partial charge in [0.1, 0.15) is 0 Å². The SMILES string of the molecule is Cc1ccc(OCC2CCN(S(=O)(=O)c3cnc[nH]3)C2)nn1. The van der Waals surface area contributed by atoms with Gasteiger partial charge >= 0.3 is 0 Å². The second kappa shape index (κ2) is 6.01. The first-order chi connectivity index (χ1) is 10.6.